The first-order chi connectivity index (χ1) is 8.99. The van der Waals surface area contributed by atoms with E-state index in [0.717, 1.165) is 6.07 Å². The number of halogens is 1. The molecule has 1 aromatic carbocycles. The van der Waals surface area contributed by atoms with Gasteiger partial charge in [0.25, 0.3) is 0 Å². The Kier molecular flexibility index (Phi) is 5.31. The molecule has 0 aliphatic heterocycles. The zero-order valence-corrected chi connectivity index (χ0v) is 11.3. The van der Waals surface area contributed by atoms with E-state index in [9.17, 15) is 9.18 Å². The number of hydrogen-bond donors (Lipinski definition) is 0. The van der Waals surface area contributed by atoms with Crippen molar-refractivity contribution < 1.29 is 13.9 Å². The maximum absolute atomic E-state index is 13.9. The number of ether oxygens (including phenoxy) is 1. The van der Waals surface area contributed by atoms with Crippen molar-refractivity contribution in [3.05, 3.63) is 29.6 Å². The summed E-state index contributed by atoms with van der Waals surface area (Å²) < 4.78 is 18.8. The molecule has 0 bridgehead atoms. The van der Waals surface area contributed by atoms with E-state index < -0.39 is 11.8 Å². The number of esters is 1. The molecule has 0 spiro atoms. The van der Waals surface area contributed by atoms with Crippen LogP contribution in [0.3, 0.4) is 0 Å². The highest BCUT2D eigenvalue weighted by atomic mass is 19.1. The number of nitrogens with zero attached hydrogens (tertiary/aromatic N) is 2. The van der Waals surface area contributed by atoms with Crippen LogP contribution in [-0.4, -0.2) is 25.2 Å². The van der Waals surface area contributed by atoms with Gasteiger partial charge in [0.15, 0.2) is 0 Å². The minimum absolute atomic E-state index is 0.0195. The number of anilines is 1. The fourth-order valence-electron chi connectivity index (χ4n) is 1.70. The number of benzene rings is 1. The van der Waals surface area contributed by atoms with Gasteiger partial charge in [-0.3, -0.25) is 4.79 Å². The van der Waals surface area contributed by atoms with Crippen molar-refractivity contribution in [2.75, 3.05) is 18.1 Å². The fraction of sp³-hybridized carbons (Fsp3) is 0.429. The molecule has 0 unspecified atom stereocenters. The highest BCUT2D eigenvalue weighted by molar-refractivity contribution is 5.76. The Bertz CT molecular complexity index is 495. The van der Waals surface area contributed by atoms with Gasteiger partial charge in [-0.2, -0.15) is 5.26 Å². The van der Waals surface area contributed by atoms with E-state index in [0.29, 0.717) is 12.3 Å². The van der Waals surface area contributed by atoms with Gasteiger partial charge in [0.1, 0.15) is 12.4 Å². The first kappa shape index (κ1) is 15.0. The normalized spacial score (nSPS) is 10.1. The van der Waals surface area contributed by atoms with Crippen molar-refractivity contribution >= 4 is 11.7 Å². The average Bonchev–Trinajstić information content (AvgIpc) is 2.36. The van der Waals surface area contributed by atoms with E-state index >= 15 is 0 Å². The van der Waals surface area contributed by atoms with Gasteiger partial charge in [0.2, 0.25) is 0 Å². The average molecular weight is 264 g/mol. The van der Waals surface area contributed by atoms with Crippen LogP contribution in [0.1, 0.15) is 26.3 Å². The van der Waals surface area contributed by atoms with Crippen LogP contribution >= 0.6 is 0 Å². The molecular weight excluding hydrogens is 247 g/mol. The molecule has 0 amide bonds. The summed E-state index contributed by atoms with van der Waals surface area (Å²) in [4.78, 5) is 13.1. The Balaban J connectivity index is 3.00. The number of nitriles is 1. The third kappa shape index (κ3) is 3.95. The van der Waals surface area contributed by atoms with E-state index in [1.807, 2.05) is 19.9 Å². The zero-order chi connectivity index (χ0) is 14.4. The van der Waals surface area contributed by atoms with E-state index in [1.54, 1.807) is 11.8 Å². The first-order valence-electron chi connectivity index (χ1n) is 6.11. The van der Waals surface area contributed by atoms with Gasteiger partial charge in [0.05, 0.1) is 23.9 Å². The molecule has 4 nitrogen and oxygen atoms in total. The Hall–Kier alpha value is -2.09. The van der Waals surface area contributed by atoms with Crippen LogP contribution < -0.4 is 4.90 Å². The van der Waals surface area contributed by atoms with Gasteiger partial charge in [-0.15, -0.1) is 0 Å². The van der Waals surface area contributed by atoms with Crippen LogP contribution in [0.5, 0.6) is 0 Å². The van der Waals surface area contributed by atoms with Crippen LogP contribution in [0.25, 0.3) is 0 Å². The molecule has 0 saturated heterocycles. The quantitative estimate of drug-likeness (QED) is 0.767. The summed E-state index contributed by atoms with van der Waals surface area (Å²) >= 11 is 0. The van der Waals surface area contributed by atoms with E-state index in [1.165, 1.54) is 12.1 Å². The third-order valence-corrected chi connectivity index (χ3v) is 2.61. The van der Waals surface area contributed by atoms with E-state index in [4.69, 9.17) is 10.00 Å². The molecule has 19 heavy (non-hydrogen) atoms. The molecule has 102 valence electrons. The SMILES string of the molecule is CCOC(=O)CN(c1ccc(C#N)cc1F)C(C)C. The lowest BCUT2D eigenvalue weighted by atomic mass is 10.1. The Morgan fingerprint density at radius 3 is 2.68 bits per heavy atom. The number of rotatable bonds is 5. The van der Waals surface area contributed by atoms with Gasteiger partial charge in [0, 0.05) is 6.04 Å². The summed E-state index contributed by atoms with van der Waals surface area (Å²) in [7, 11) is 0. The van der Waals surface area contributed by atoms with Crippen LogP contribution in [0, 0.1) is 17.1 Å². The van der Waals surface area contributed by atoms with Crippen molar-refractivity contribution in [3.8, 4) is 6.07 Å². The summed E-state index contributed by atoms with van der Waals surface area (Å²) in [6.45, 7) is 5.71. The smallest absolute Gasteiger partial charge is 0.325 e. The first-order valence-corrected chi connectivity index (χ1v) is 6.11. The summed E-state index contributed by atoms with van der Waals surface area (Å²) in [5.41, 5.74) is 0.545. The molecule has 0 saturated carbocycles. The van der Waals surface area contributed by atoms with Gasteiger partial charge in [-0.25, -0.2) is 4.39 Å². The van der Waals surface area contributed by atoms with Crippen molar-refractivity contribution in [2.45, 2.75) is 26.8 Å². The van der Waals surface area contributed by atoms with Gasteiger partial charge >= 0.3 is 5.97 Å². The molecule has 5 heteroatoms. The van der Waals surface area contributed by atoms with E-state index in [2.05, 4.69) is 0 Å². The topological polar surface area (TPSA) is 53.3 Å². The number of carbonyl (C=O) groups excluding carboxylic acids is 1. The maximum Gasteiger partial charge on any atom is 0.325 e. The van der Waals surface area contributed by atoms with Crippen molar-refractivity contribution in [3.63, 3.8) is 0 Å². The summed E-state index contributed by atoms with van der Waals surface area (Å²) in [6.07, 6.45) is 0. The third-order valence-electron chi connectivity index (χ3n) is 2.61. The molecule has 0 atom stereocenters. The van der Waals surface area contributed by atoms with Crippen LogP contribution in [0.2, 0.25) is 0 Å². The molecule has 1 aromatic rings. The highest BCUT2D eigenvalue weighted by Crippen LogP contribution is 2.22. The van der Waals surface area contributed by atoms with Crippen molar-refractivity contribution in [2.24, 2.45) is 0 Å². The summed E-state index contributed by atoms with van der Waals surface area (Å²) in [5, 5.41) is 8.71. The molecule has 1 rings (SSSR count). The largest absolute Gasteiger partial charge is 0.465 e. The molecule has 0 aliphatic carbocycles. The van der Waals surface area contributed by atoms with Crippen LogP contribution in [-0.2, 0) is 9.53 Å². The molecule has 0 aromatic heterocycles. The highest BCUT2D eigenvalue weighted by Gasteiger charge is 2.19. The lowest BCUT2D eigenvalue weighted by Crippen LogP contribution is -2.37. The molecule has 0 aliphatic rings. The minimum atomic E-state index is -0.517. The Morgan fingerprint density at radius 2 is 2.21 bits per heavy atom. The van der Waals surface area contributed by atoms with Crippen LogP contribution in [0.4, 0.5) is 10.1 Å². The fourth-order valence-corrected chi connectivity index (χ4v) is 1.70. The van der Waals surface area contributed by atoms with E-state index in [-0.39, 0.29) is 18.2 Å². The second-order valence-corrected chi connectivity index (χ2v) is 4.30. The number of hydrogen-bond acceptors (Lipinski definition) is 4. The number of carbonyl (C=O) groups is 1. The Labute approximate surface area is 112 Å². The molecular formula is C14H17FN2O2. The zero-order valence-electron chi connectivity index (χ0n) is 11.3. The standard InChI is InChI=1S/C14H17FN2O2/c1-4-19-14(18)9-17(10(2)3)13-6-5-11(8-16)7-12(13)15/h5-7,10H,4,9H2,1-3H3. The second kappa shape index (κ2) is 6.74. The molecule has 0 radical (unpaired) electrons. The molecule has 0 N–H and O–H groups in total. The summed E-state index contributed by atoms with van der Waals surface area (Å²) in [6, 6.07) is 6.01. The lowest BCUT2D eigenvalue weighted by molar-refractivity contribution is -0.141. The summed E-state index contributed by atoms with van der Waals surface area (Å²) in [5.74, 6) is -0.919. The van der Waals surface area contributed by atoms with Gasteiger partial charge < -0.3 is 9.64 Å². The van der Waals surface area contributed by atoms with Crippen LogP contribution in [0.15, 0.2) is 18.2 Å². The van der Waals surface area contributed by atoms with Gasteiger partial charge in [-0.05, 0) is 39.0 Å². The van der Waals surface area contributed by atoms with Crippen molar-refractivity contribution in [1.29, 1.82) is 5.26 Å². The minimum Gasteiger partial charge on any atom is -0.465 e. The monoisotopic (exact) mass is 264 g/mol. The maximum atomic E-state index is 13.9. The second-order valence-electron chi connectivity index (χ2n) is 4.30. The molecule has 0 fully saturated rings. The molecule has 0 heterocycles. The van der Waals surface area contributed by atoms with Crippen molar-refractivity contribution in [1.82, 2.24) is 0 Å². The predicted octanol–water partition coefficient (Wildman–Crippen LogP) is 2.48. The predicted molar refractivity (Wildman–Crippen MR) is 70.2 cm³/mol. The lowest BCUT2D eigenvalue weighted by Gasteiger charge is -2.28. The van der Waals surface area contributed by atoms with Gasteiger partial charge in [-0.1, -0.05) is 0 Å². The Morgan fingerprint density at radius 1 is 1.53 bits per heavy atom.